The smallest absolute Gasteiger partial charge is 0.338 e. The fourth-order valence-electron chi connectivity index (χ4n) is 2.79. The van der Waals surface area contributed by atoms with Gasteiger partial charge in [-0.05, 0) is 66.4 Å². The summed E-state index contributed by atoms with van der Waals surface area (Å²) in [6, 6.07) is 16.0. The third kappa shape index (κ3) is 5.54. The fourth-order valence-corrected chi connectivity index (χ4v) is 5.15. The number of benzene rings is 2. The Kier molecular flexibility index (Phi) is 7.66. The van der Waals surface area contributed by atoms with Crippen LogP contribution in [-0.2, 0) is 14.8 Å². The van der Waals surface area contributed by atoms with Gasteiger partial charge in [0.25, 0.3) is 15.9 Å². The van der Waals surface area contributed by atoms with Crippen LogP contribution in [0.5, 0.6) is 0 Å². The summed E-state index contributed by atoms with van der Waals surface area (Å²) in [6.45, 7) is 2.40. The molecule has 9 heteroatoms. The van der Waals surface area contributed by atoms with Crippen LogP contribution < -0.4 is 9.62 Å². The number of anilines is 2. The lowest BCUT2D eigenvalue weighted by atomic mass is 10.1. The van der Waals surface area contributed by atoms with Gasteiger partial charge in [-0.2, -0.15) is 0 Å². The maximum Gasteiger partial charge on any atom is 0.338 e. The Morgan fingerprint density at radius 1 is 1.00 bits per heavy atom. The summed E-state index contributed by atoms with van der Waals surface area (Å²) >= 11 is 1.15. The SMILES string of the molecule is CCCCOC(=O)c1ccc(NC(=O)c2ccc(N(C)S(=O)(=O)c3cccs3)cc2)cc1. The summed E-state index contributed by atoms with van der Waals surface area (Å²) in [5, 5.41) is 4.46. The van der Waals surface area contributed by atoms with Gasteiger partial charge in [0, 0.05) is 18.3 Å². The van der Waals surface area contributed by atoms with Gasteiger partial charge in [0.05, 0.1) is 17.9 Å². The minimum atomic E-state index is -3.64. The van der Waals surface area contributed by atoms with Crippen LogP contribution in [0.2, 0.25) is 0 Å². The van der Waals surface area contributed by atoms with Crippen LogP contribution in [-0.4, -0.2) is 33.9 Å². The highest BCUT2D eigenvalue weighted by atomic mass is 32.2. The van der Waals surface area contributed by atoms with E-state index in [9.17, 15) is 18.0 Å². The number of nitrogens with zero attached hydrogens (tertiary/aromatic N) is 1. The zero-order chi connectivity index (χ0) is 23.1. The van der Waals surface area contributed by atoms with Crippen molar-refractivity contribution < 1.29 is 22.7 Å². The minimum Gasteiger partial charge on any atom is -0.462 e. The van der Waals surface area contributed by atoms with Crippen LogP contribution in [0.15, 0.2) is 70.3 Å². The maximum absolute atomic E-state index is 12.6. The first-order chi connectivity index (χ1) is 15.3. The third-order valence-corrected chi connectivity index (χ3v) is 7.87. The molecule has 0 radical (unpaired) electrons. The molecule has 0 aliphatic heterocycles. The lowest BCUT2D eigenvalue weighted by molar-refractivity contribution is 0.0499. The van der Waals surface area contributed by atoms with E-state index in [2.05, 4.69) is 5.32 Å². The average molecular weight is 473 g/mol. The van der Waals surface area contributed by atoms with Gasteiger partial charge in [0.2, 0.25) is 0 Å². The van der Waals surface area contributed by atoms with Gasteiger partial charge in [0.15, 0.2) is 0 Å². The number of carbonyl (C=O) groups excluding carboxylic acids is 2. The standard InChI is InChI=1S/C23H24N2O5S2/c1-3-4-15-30-23(27)18-7-11-19(12-8-18)24-22(26)17-9-13-20(14-10-17)25(2)32(28,29)21-6-5-16-31-21/h5-14,16H,3-4,15H2,1-2H3,(H,24,26). The van der Waals surface area contributed by atoms with E-state index in [1.54, 1.807) is 66.0 Å². The van der Waals surface area contributed by atoms with Crippen LogP contribution in [0, 0.1) is 0 Å². The first-order valence-electron chi connectivity index (χ1n) is 10.0. The Morgan fingerprint density at radius 3 is 2.25 bits per heavy atom. The molecule has 0 atom stereocenters. The van der Waals surface area contributed by atoms with E-state index in [0.717, 1.165) is 24.2 Å². The van der Waals surface area contributed by atoms with Gasteiger partial charge < -0.3 is 10.1 Å². The summed E-state index contributed by atoms with van der Waals surface area (Å²) < 4.78 is 31.8. The van der Waals surface area contributed by atoms with E-state index in [0.29, 0.717) is 29.1 Å². The van der Waals surface area contributed by atoms with Crippen molar-refractivity contribution in [3.8, 4) is 0 Å². The molecule has 1 aromatic heterocycles. The molecule has 0 bridgehead atoms. The quantitative estimate of drug-likeness (QED) is 0.357. The number of rotatable bonds is 9. The van der Waals surface area contributed by atoms with Crippen LogP contribution in [0.1, 0.15) is 40.5 Å². The number of ether oxygens (including phenoxy) is 1. The lowest BCUT2D eigenvalue weighted by Gasteiger charge is -2.18. The van der Waals surface area contributed by atoms with Crippen LogP contribution in [0.25, 0.3) is 0 Å². The number of esters is 1. The van der Waals surface area contributed by atoms with Crippen LogP contribution >= 0.6 is 11.3 Å². The van der Waals surface area contributed by atoms with Crippen molar-refractivity contribution in [3.05, 3.63) is 77.2 Å². The van der Waals surface area contributed by atoms with Crippen LogP contribution in [0.4, 0.5) is 11.4 Å². The zero-order valence-corrected chi connectivity index (χ0v) is 19.4. The van der Waals surface area contributed by atoms with E-state index in [4.69, 9.17) is 4.74 Å². The molecule has 1 heterocycles. The highest BCUT2D eigenvalue weighted by molar-refractivity contribution is 7.94. The highest BCUT2D eigenvalue weighted by Crippen LogP contribution is 2.25. The van der Waals surface area contributed by atoms with Crippen molar-refractivity contribution in [2.75, 3.05) is 23.3 Å². The van der Waals surface area contributed by atoms with Gasteiger partial charge in [0.1, 0.15) is 4.21 Å². The lowest BCUT2D eigenvalue weighted by Crippen LogP contribution is -2.25. The Bertz CT molecular complexity index is 1160. The van der Waals surface area contributed by atoms with Crippen molar-refractivity contribution in [2.24, 2.45) is 0 Å². The number of thiophene rings is 1. The molecule has 0 aliphatic rings. The Hall–Kier alpha value is -3.17. The third-order valence-electron chi connectivity index (χ3n) is 4.71. The first kappa shape index (κ1) is 23.5. The van der Waals surface area contributed by atoms with Crippen molar-refractivity contribution in [1.82, 2.24) is 0 Å². The van der Waals surface area contributed by atoms with Gasteiger partial charge in [-0.15, -0.1) is 11.3 Å². The molecule has 3 rings (SSSR count). The van der Waals surface area contributed by atoms with E-state index in [1.807, 2.05) is 6.92 Å². The molecule has 0 fully saturated rings. The number of sulfonamides is 1. The second-order valence-corrected chi connectivity index (χ2v) is 10.1. The van der Waals surface area contributed by atoms with E-state index < -0.39 is 16.0 Å². The monoisotopic (exact) mass is 472 g/mol. The maximum atomic E-state index is 12.6. The van der Waals surface area contributed by atoms with Gasteiger partial charge >= 0.3 is 5.97 Å². The average Bonchev–Trinajstić information content (AvgIpc) is 3.35. The van der Waals surface area contributed by atoms with Gasteiger partial charge in [-0.3, -0.25) is 9.10 Å². The molecule has 2 aromatic carbocycles. The van der Waals surface area contributed by atoms with Crippen molar-refractivity contribution >= 4 is 44.6 Å². The molecule has 0 saturated carbocycles. The highest BCUT2D eigenvalue weighted by Gasteiger charge is 2.22. The summed E-state index contributed by atoms with van der Waals surface area (Å²) in [4.78, 5) is 24.5. The van der Waals surface area contributed by atoms with Crippen LogP contribution in [0.3, 0.4) is 0 Å². The molecule has 0 unspecified atom stereocenters. The van der Waals surface area contributed by atoms with Gasteiger partial charge in [-0.1, -0.05) is 19.4 Å². The number of unbranched alkanes of at least 4 members (excludes halogenated alkanes) is 1. The Labute approximate surface area is 191 Å². The molecular weight excluding hydrogens is 448 g/mol. The summed E-state index contributed by atoms with van der Waals surface area (Å²) in [7, 11) is -2.16. The van der Waals surface area contributed by atoms with Crippen molar-refractivity contribution in [1.29, 1.82) is 0 Å². The van der Waals surface area contributed by atoms with E-state index in [1.165, 1.54) is 11.4 Å². The second kappa shape index (κ2) is 10.4. The van der Waals surface area contributed by atoms with E-state index in [-0.39, 0.29) is 10.1 Å². The molecule has 0 saturated heterocycles. The largest absolute Gasteiger partial charge is 0.462 e. The molecule has 1 amide bonds. The molecule has 0 aliphatic carbocycles. The molecular formula is C23H24N2O5S2. The molecule has 3 aromatic rings. The van der Waals surface area contributed by atoms with Crippen molar-refractivity contribution in [3.63, 3.8) is 0 Å². The molecule has 32 heavy (non-hydrogen) atoms. The van der Waals surface area contributed by atoms with E-state index >= 15 is 0 Å². The molecule has 7 nitrogen and oxygen atoms in total. The minimum absolute atomic E-state index is 0.250. The summed E-state index contributed by atoms with van der Waals surface area (Å²) in [5.41, 5.74) is 1.76. The first-order valence-corrected chi connectivity index (χ1v) is 12.4. The number of nitrogens with one attached hydrogen (secondary N) is 1. The fraction of sp³-hybridized carbons (Fsp3) is 0.217. The zero-order valence-electron chi connectivity index (χ0n) is 17.8. The normalized spacial score (nSPS) is 11.1. The van der Waals surface area contributed by atoms with Crippen molar-refractivity contribution in [2.45, 2.75) is 24.0 Å². The number of carbonyl (C=O) groups is 2. The number of amides is 1. The topological polar surface area (TPSA) is 92.8 Å². The molecule has 168 valence electrons. The number of hydrogen-bond donors (Lipinski definition) is 1. The number of hydrogen-bond acceptors (Lipinski definition) is 6. The summed E-state index contributed by atoms with van der Waals surface area (Å²) in [6.07, 6.45) is 1.76. The molecule has 1 N–H and O–H groups in total. The Balaban J connectivity index is 1.63. The summed E-state index contributed by atoms with van der Waals surface area (Å²) in [5.74, 6) is -0.743. The molecule has 0 spiro atoms. The predicted octanol–water partition coefficient (Wildman–Crippen LogP) is 4.78. The second-order valence-electron chi connectivity index (χ2n) is 6.97. The Morgan fingerprint density at radius 2 is 1.66 bits per heavy atom. The predicted molar refractivity (Wildman–Crippen MR) is 126 cm³/mol. The van der Waals surface area contributed by atoms with Gasteiger partial charge in [-0.25, -0.2) is 13.2 Å².